The first-order valence-electron chi connectivity index (χ1n) is 11.7. The third-order valence-corrected chi connectivity index (χ3v) is 6.59. The summed E-state index contributed by atoms with van der Waals surface area (Å²) < 4.78 is 1.82. The van der Waals surface area contributed by atoms with E-state index in [9.17, 15) is 4.79 Å². The van der Waals surface area contributed by atoms with Crippen molar-refractivity contribution in [1.29, 1.82) is 0 Å². The number of aromatic nitrogens is 2. The number of benzene rings is 2. The van der Waals surface area contributed by atoms with Crippen LogP contribution in [0.1, 0.15) is 39.7 Å². The molecule has 1 fully saturated rings. The lowest BCUT2D eigenvalue weighted by molar-refractivity contribution is -0.124. The van der Waals surface area contributed by atoms with Crippen molar-refractivity contribution in [2.24, 2.45) is 11.8 Å². The van der Waals surface area contributed by atoms with Gasteiger partial charge in [0.15, 0.2) is 0 Å². The van der Waals surface area contributed by atoms with Gasteiger partial charge in [0.25, 0.3) is 0 Å². The summed E-state index contributed by atoms with van der Waals surface area (Å²) in [5, 5.41) is 9.56. The van der Waals surface area contributed by atoms with Crippen LogP contribution < -0.4 is 5.32 Å². The molecule has 2 heterocycles. The number of rotatable bonds is 7. The van der Waals surface area contributed by atoms with E-state index < -0.39 is 6.04 Å². The minimum absolute atomic E-state index is 0.00987. The monoisotopic (exact) mass is 452 g/mol. The summed E-state index contributed by atoms with van der Waals surface area (Å²) in [7, 11) is 0. The van der Waals surface area contributed by atoms with Crippen LogP contribution in [0, 0.1) is 11.8 Å². The van der Waals surface area contributed by atoms with Crippen LogP contribution in [0.2, 0.25) is 5.02 Å². The van der Waals surface area contributed by atoms with Crippen LogP contribution in [0.25, 0.3) is 22.2 Å². The highest BCUT2D eigenvalue weighted by Crippen LogP contribution is 2.31. The summed E-state index contributed by atoms with van der Waals surface area (Å²) >= 11 is 6.28. The molecule has 6 heteroatoms. The maximum Gasteiger partial charge on any atom is 0.244 e. The van der Waals surface area contributed by atoms with E-state index in [2.05, 4.69) is 24.1 Å². The van der Waals surface area contributed by atoms with Crippen molar-refractivity contribution in [2.75, 3.05) is 26.2 Å². The fourth-order valence-electron chi connectivity index (χ4n) is 4.97. The van der Waals surface area contributed by atoms with Crippen LogP contribution in [0.5, 0.6) is 0 Å². The van der Waals surface area contributed by atoms with Gasteiger partial charge in [-0.05, 0) is 56.3 Å². The van der Waals surface area contributed by atoms with E-state index in [1.54, 1.807) is 0 Å². The molecule has 0 spiro atoms. The number of likely N-dealkylation sites (tertiary alicyclic amines) is 1. The predicted octanol–water partition coefficient (Wildman–Crippen LogP) is 5.40. The van der Waals surface area contributed by atoms with E-state index >= 15 is 0 Å². The highest BCUT2D eigenvalue weighted by molar-refractivity contribution is 6.31. The molecule has 0 unspecified atom stereocenters. The molecule has 5 nitrogen and oxygen atoms in total. The fraction of sp³-hybridized carbons (Fsp3) is 0.462. The van der Waals surface area contributed by atoms with Gasteiger partial charge < -0.3 is 10.2 Å². The van der Waals surface area contributed by atoms with Gasteiger partial charge in [0, 0.05) is 35.6 Å². The average molecular weight is 453 g/mol. The molecule has 3 aromatic rings. The van der Waals surface area contributed by atoms with E-state index in [4.69, 9.17) is 16.7 Å². The lowest BCUT2D eigenvalue weighted by atomic mass is 9.92. The third kappa shape index (κ3) is 5.16. The quantitative estimate of drug-likeness (QED) is 0.488. The SMILES string of the molecule is C[C@@H]1C[C@H](C)CN(CCCNC(=O)[C@H](C)n2nc(-c3ccccc3)c3cc(Cl)ccc32)C1. The average Bonchev–Trinajstić information content (AvgIpc) is 3.14. The van der Waals surface area contributed by atoms with E-state index in [0.29, 0.717) is 11.6 Å². The molecule has 2 aromatic carbocycles. The molecule has 0 radical (unpaired) electrons. The molecule has 1 saturated heterocycles. The van der Waals surface area contributed by atoms with E-state index in [-0.39, 0.29) is 5.91 Å². The van der Waals surface area contributed by atoms with E-state index in [1.807, 2.05) is 60.1 Å². The molecule has 0 aliphatic carbocycles. The Balaban J connectivity index is 1.43. The first kappa shape index (κ1) is 22.8. The van der Waals surface area contributed by atoms with E-state index in [1.165, 1.54) is 19.5 Å². The lowest BCUT2D eigenvalue weighted by Crippen LogP contribution is -2.40. The number of carbonyl (C=O) groups is 1. The lowest BCUT2D eigenvalue weighted by Gasteiger charge is -2.34. The maximum absolute atomic E-state index is 12.9. The molecule has 1 N–H and O–H groups in total. The van der Waals surface area contributed by atoms with Gasteiger partial charge >= 0.3 is 0 Å². The molecule has 0 saturated carbocycles. The van der Waals surface area contributed by atoms with Gasteiger partial charge in [-0.15, -0.1) is 0 Å². The smallest absolute Gasteiger partial charge is 0.244 e. The number of nitrogens with one attached hydrogen (secondary N) is 1. The molecule has 1 aliphatic rings. The normalized spacial score (nSPS) is 20.4. The Hall–Kier alpha value is -2.37. The summed E-state index contributed by atoms with van der Waals surface area (Å²) in [5.41, 5.74) is 2.76. The molecule has 1 aromatic heterocycles. The maximum atomic E-state index is 12.9. The molecular weight excluding hydrogens is 420 g/mol. The standard InChI is InChI=1S/C26H33ClN4O/c1-18-14-19(2)17-30(16-18)13-7-12-28-26(32)20(3)31-24-11-10-22(27)15-23(24)25(29-31)21-8-5-4-6-9-21/h4-6,8-11,15,18-20H,7,12-14,16-17H2,1-3H3,(H,28,32)/t18-,19+,20-/m0/s1. The van der Waals surface area contributed by atoms with Crippen molar-refractivity contribution in [2.45, 2.75) is 39.7 Å². The summed E-state index contributed by atoms with van der Waals surface area (Å²) in [6, 6.07) is 15.3. The highest BCUT2D eigenvalue weighted by atomic mass is 35.5. The Labute approximate surface area is 195 Å². The van der Waals surface area contributed by atoms with Crippen molar-refractivity contribution in [3.63, 3.8) is 0 Å². The topological polar surface area (TPSA) is 50.2 Å². The van der Waals surface area contributed by atoms with Gasteiger partial charge in [0.1, 0.15) is 11.7 Å². The van der Waals surface area contributed by atoms with Crippen molar-refractivity contribution in [1.82, 2.24) is 20.0 Å². The highest BCUT2D eigenvalue weighted by Gasteiger charge is 2.23. The Bertz CT molecular complexity index is 1050. The third-order valence-electron chi connectivity index (χ3n) is 6.36. The molecule has 170 valence electrons. The summed E-state index contributed by atoms with van der Waals surface area (Å²) in [4.78, 5) is 15.5. The number of halogens is 1. The van der Waals surface area contributed by atoms with Gasteiger partial charge in [-0.25, -0.2) is 0 Å². The minimum Gasteiger partial charge on any atom is -0.354 e. The fourth-order valence-corrected chi connectivity index (χ4v) is 5.14. The summed E-state index contributed by atoms with van der Waals surface area (Å²) in [5.74, 6) is 1.51. The van der Waals surface area contributed by atoms with Crippen LogP contribution in [0.4, 0.5) is 0 Å². The molecule has 0 bridgehead atoms. The second-order valence-corrected chi connectivity index (χ2v) is 9.78. The van der Waals surface area contributed by atoms with Crippen LogP contribution >= 0.6 is 11.6 Å². The van der Waals surface area contributed by atoms with Gasteiger partial charge in [-0.2, -0.15) is 5.10 Å². The van der Waals surface area contributed by atoms with Gasteiger partial charge in [0.05, 0.1) is 5.52 Å². The van der Waals surface area contributed by atoms with Crippen molar-refractivity contribution in [3.8, 4) is 11.3 Å². The molecule has 4 rings (SSSR count). The zero-order valence-corrected chi connectivity index (χ0v) is 20.0. The number of carbonyl (C=O) groups excluding carboxylic acids is 1. The zero-order chi connectivity index (χ0) is 22.7. The number of hydrogen-bond acceptors (Lipinski definition) is 3. The Morgan fingerprint density at radius 2 is 1.88 bits per heavy atom. The molecule has 3 atom stereocenters. The number of fused-ring (bicyclic) bond motifs is 1. The van der Waals surface area contributed by atoms with Gasteiger partial charge in [-0.3, -0.25) is 9.48 Å². The number of hydrogen-bond donors (Lipinski definition) is 1. The van der Waals surface area contributed by atoms with Gasteiger partial charge in [0.2, 0.25) is 5.91 Å². The molecule has 32 heavy (non-hydrogen) atoms. The van der Waals surface area contributed by atoms with Crippen LogP contribution in [0.15, 0.2) is 48.5 Å². The second-order valence-electron chi connectivity index (χ2n) is 9.35. The molecule has 1 aliphatic heterocycles. The van der Waals surface area contributed by atoms with Crippen LogP contribution in [0.3, 0.4) is 0 Å². The Morgan fingerprint density at radius 3 is 2.59 bits per heavy atom. The van der Waals surface area contributed by atoms with Crippen molar-refractivity contribution >= 4 is 28.4 Å². The molecular formula is C26H33ClN4O. The zero-order valence-electron chi connectivity index (χ0n) is 19.2. The first-order valence-corrected chi connectivity index (χ1v) is 12.0. The Morgan fingerprint density at radius 1 is 1.16 bits per heavy atom. The number of amides is 1. The van der Waals surface area contributed by atoms with Crippen LogP contribution in [-0.4, -0.2) is 46.8 Å². The van der Waals surface area contributed by atoms with E-state index in [0.717, 1.165) is 47.0 Å². The largest absolute Gasteiger partial charge is 0.354 e. The summed E-state index contributed by atoms with van der Waals surface area (Å²) in [6.07, 6.45) is 2.28. The molecule has 1 amide bonds. The van der Waals surface area contributed by atoms with Crippen molar-refractivity contribution in [3.05, 3.63) is 53.6 Å². The van der Waals surface area contributed by atoms with Crippen LogP contribution in [-0.2, 0) is 4.79 Å². The number of nitrogens with zero attached hydrogens (tertiary/aromatic N) is 3. The number of piperidine rings is 1. The first-order chi connectivity index (χ1) is 15.4. The second kappa shape index (κ2) is 10.1. The van der Waals surface area contributed by atoms with Crippen molar-refractivity contribution < 1.29 is 4.79 Å². The Kier molecular flexibility index (Phi) is 7.17. The minimum atomic E-state index is -0.411. The predicted molar refractivity (Wildman–Crippen MR) is 132 cm³/mol. The van der Waals surface area contributed by atoms with Gasteiger partial charge in [-0.1, -0.05) is 55.8 Å². The summed E-state index contributed by atoms with van der Waals surface area (Å²) in [6.45, 7) is 10.6.